The predicted molar refractivity (Wildman–Crippen MR) is 114 cm³/mol. The van der Waals surface area contributed by atoms with Crippen LogP contribution in [0.1, 0.15) is 40.0 Å². The molecule has 2 N–H and O–H groups in total. The van der Waals surface area contributed by atoms with Crippen molar-refractivity contribution < 1.29 is 19.1 Å². The Morgan fingerprint density at radius 3 is 2.11 bits per heavy atom. The van der Waals surface area contributed by atoms with E-state index in [1.807, 2.05) is 39.8 Å². The Kier molecular flexibility index (Phi) is 11.7. The number of methoxy groups -OCH3 is 1. The summed E-state index contributed by atoms with van der Waals surface area (Å²) < 4.78 is 5.40. The number of thioether (sulfide) groups is 1. The fourth-order valence-corrected chi connectivity index (χ4v) is 3.87. The third-order valence-corrected chi connectivity index (χ3v) is 5.87. The molecule has 0 aromatic carbocycles. The molecule has 0 aliphatic rings. The molecule has 0 spiro atoms. The maximum atomic E-state index is 13.2. The molecule has 0 radical (unpaired) electrons. The topological polar surface area (TPSA) is 96.2 Å². The maximum absolute atomic E-state index is 13.2. The first-order valence-electron chi connectivity index (χ1n) is 9.51. The molecule has 0 aliphatic heterocycles. The quantitative estimate of drug-likeness (QED) is 0.448. The summed E-state index contributed by atoms with van der Waals surface area (Å²) in [5, 5.41) is -0.712. The largest absolute Gasteiger partial charge is 0.379 e. The molecule has 0 aromatic heterocycles. The monoisotopic (exact) mass is 418 g/mol. The van der Waals surface area contributed by atoms with Crippen molar-refractivity contribution in [2.45, 2.75) is 57.1 Å². The van der Waals surface area contributed by atoms with E-state index in [9.17, 15) is 14.4 Å². The number of ether oxygens (including phenoxy) is 1. The van der Waals surface area contributed by atoms with Crippen molar-refractivity contribution in [3.8, 4) is 0 Å². The van der Waals surface area contributed by atoms with Gasteiger partial charge in [-0.15, -0.1) is 11.8 Å². The van der Waals surface area contributed by atoms with Gasteiger partial charge in [0, 0.05) is 46.3 Å². The zero-order valence-corrected chi connectivity index (χ0v) is 19.5. The van der Waals surface area contributed by atoms with Crippen LogP contribution in [0, 0.1) is 0 Å². The molecule has 0 saturated heterocycles. The Balaban J connectivity index is 5.54. The highest BCUT2D eigenvalue weighted by Crippen LogP contribution is 2.23. The van der Waals surface area contributed by atoms with Crippen LogP contribution in [0.5, 0.6) is 0 Å². The van der Waals surface area contributed by atoms with Gasteiger partial charge in [-0.3, -0.25) is 14.4 Å². The summed E-state index contributed by atoms with van der Waals surface area (Å²) in [4.78, 5) is 42.5. The lowest BCUT2D eigenvalue weighted by Crippen LogP contribution is -2.54. The first-order valence-corrected chi connectivity index (χ1v) is 10.6. The van der Waals surface area contributed by atoms with Gasteiger partial charge < -0.3 is 25.2 Å². The molecule has 0 rings (SSSR count). The molecular formula is C19H38N4O4S. The van der Waals surface area contributed by atoms with E-state index < -0.39 is 22.9 Å². The average molecular weight is 419 g/mol. The number of carbonyl (C=O) groups excluding carboxylic acids is 3. The summed E-state index contributed by atoms with van der Waals surface area (Å²) in [6, 6.07) is -0.825. The minimum Gasteiger partial charge on any atom is -0.379 e. The standard InChI is InChI=1S/C19H38N4O4S/c1-9-10-15(24)23(7)18(28-12-11-21(4)5)17(26)22(6)14(16(20)25)13-19(2,3)27-8/h14,18H,9-13H2,1-8H3,(H2,20,25)/t14-,18+/m0/s1. The molecule has 9 heteroatoms. The third-order valence-electron chi connectivity index (χ3n) is 4.62. The minimum atomic E-state index is -0.825. The Morgan fingerprint density at radius 1 is 1.11 bits per heavy atom. The summed E-state index contributed by atoms with van der Waals surface area (Å²) in [6.45, 7) is 6.36. The molecule has 28 heavy (non-hydrogen) atoms. The number of nitrogens with two attached hydrogens (primary N) is 1. The molecule has 0 fully saturated rings. The number of primary amides is 1. The molecule has 0 aromatic rings. The van der Waals surface area contributed by atoms with Gasteiger partial charge in [-0.05, 0) is 34.4 Å². The van der Waals surface area contributed by atoms with Gasteiger partial charge in [-0.2, -0.15) is 0 Å². The molecule has 0 saturated carbocycles. The van der Waals surface area contributed by atoms with Gasteiger partial charge in [-0.1, -0.05) is 6.92 Å². The molecule has 164 valence electrons. The van der Waals surface area contributed by atoms with Crippen molar-refractivity contribution in [1.29, 1.82) is 0 Å². The first kappa shape index (κ1) is 26.7. The number of rotatable bonds is 13. The lowest BCUT2D eigenvalue weighted by Gasteiger charge is -2.36. The molecular weight excluding hydrogens is 380 g/mol. The van der Waals surface area contributed by atoms with E-state index in [4.69, 9.17) is 10.5 Å². The lowest BCUT2D eigenvalue weighted by molar-refractivity contribution is -0.145. The highest BCUT2D eigenvalue weighted by atomic mass is 32.2. The van der Waals surface area contributed by atoms with E-state index in [0.29, 0.717) is 18.6 Å². The first-order chi connectivity index (χ1) is 12.9. The second kappa shape index (κ2) is 12.3. The van der Waals surface area contributed by atoms with E-state index in [-0.39, 0.29) is 18.2 Å². The maximum Gasteiger partial charge on any atom is 0.256 e. The summed E-state index contributed by atoms with van der Waals surface area (Å²) in [5.74, 6) is -0.336. The van der Waals surface area contributed by atoms with Crippen LogP contribution < -0.4 is 5.73 Å². The Bertz CT molecular complexity index is 528. The third kappa shape index (κ3) is 8.79. The highest BCUT2D eigenvalue weighted by Gasteiger charge is 2.36. The summed E-state index contributed by atoms with van der Waals surface area (Å²) >= 11 is 1.39. The number of hydrogen-bond donors (Lipinski definition) is 1. The van der Waals surface area contributed by atoms with Crippen LogP contribution in [0.4, 0.5) is 0 Å². The minimum absolute atomic E-state index is 0.0977. The Labute approximate surface area is 174 Å². The van der Waals surface area contributed by atoms with E-state index in [1.165, 1.54) is 21.6 Å². The molecule has 0 heterocycles. The van der Waals surface area contributed by atoms with Crippen LogP contribution in [0.3, 0.4) is 0 Å². The molecule has 0 bridgehead atoms. The van der Waals surface area contributed by atoms with Gasteiger partial charge in [-0.25, -0.2) is 0 Å². The van der Waals surface area contributed by atoms with Crippen molar-refractivity contribution in [1.82, 2.24) is 14.7 Å². The van der Waals surface area contributed by atoms with Gasteiger partial charge in [0.25, 0.3) is 5.91 Å². The summed E-state index contributed by atoms with van der Waals surface area (Å²) in [7, 11) is 8.64. The van der Waals surface area contributed by atoms with Crippen LogP contribution in [0.2, 0.25) is 0 Å². The predicted octanol–water partition coefficient (Wildman–Crippen LogP) is 0.993. The molecule has 3 amide bonds. The lowest BCUT2D eigenvalue weighted by atomic mass is 9.97. The number of hydrogen-bond acceptors (Lipinski definition) is 6. The molecule has 0 unspecified atom stereocenters. The van der Waals surface area contributed by atoms with Crippen molar-refractivity contribution in [3.63, 3.8) is 0 Å². The van der Waals surface area contributed by atoms with Crippen molar-refractivity contribution in [2.24, 2.45) is 5.73 Å². The Morgan fingerprint density at radius 2 is 1.68 bits per heavy atom. The number of likely N-dealkylation sites (N-methyl/N-ethyl adjacent to an activating group) is 2. The van der Waals surface area contributed by atoms with Crippen LogP contribution >= 0.6 is 11.8 Å². The van der Waals surface area contributed by atoms with Crippen LogP contribution in [-0.2, 0) is 19.1 Å². The van der Waals surface area contributed by atoms with Crippen molar-refractivity contribution >= 4 is 29.5 Å². The van der Waals surface area contributed by atoms with Gasteiger partial charge in [0.15, 0.2) is 5.37 Å². The van der Waals surface area contributed by atoms with Crippen molar-refractivity contribution in [2.75, 3.05) is 47.6 Å². The van der Waals surface area contributed by atoms with Gasteiger partial charge in [0.2, 0.25) is 11.8 Å². The SMILES string of the molecule is CCCC(=O)N(C)[C@H](SCCN(C)C)C(=O)N(C)[C@@H](CC(C)(C)OC)C(N)=O. The van der Waals surface area contributed by atoms with Crippen molar-refractivity contribution in [3.05, 3.63) is 0 Å². The van der Waals surface area contributed by atoms with E-state index in [1.54, 1.807) is 21.2 Å². The fraction of sp³-hybridized carbons (Fsp3) is 0.842. The summed E-state index contributed by atoms with van der Waals surface area (Å²) in [6.07, 6.45) is 1.34. The van der Waals surface area contributed by atoms with E-state index in [0.717, 1.165) is 6.54 Å². The Hall–Kier alpha value is -1.32. The zero-order chi connectivity index (χ0) is 22.1. The zero-order valence-electron chi connectivity index (χ0n) is 18.7. The molecule has 2 atom stereocenters. The second-order valence-corrected chi connectivity index (χ2v) is 9.00. The van der Waals surface area contributed by atoms with Crippen LogP contribution in [0.15, 0.2) is 0 Å². The van der Waals surface area contributed by atoms with Gasteiger partial charge in [0.05, 0.1) is 5.60 Å². The average Bonchev–Trinajstić information content (AvgIpc) is 2.61. The number of carbonyl (C=O) groups is 3. The van der Waals surface area contributed by atoms with Gasteiger partial charge in [0.1, 0.15) is 6.04 Å². The number of nitrogens with zero attached hydrogens (tertiary/aromatic N) is 3. The van der Waals surface area contributed by atoms with E-state index in [2.05, 4.69) is 0 Å². The van der Waals surface area contributed by atoms with E-state index >= 15 is 0 Å². The highest BCUT2D eigenvalue weighted by molar-refractivity contribution is 8.00. The van der Waals surface area contributed by atoms with Crippen LogP contribution in [-0.4, -0.2) is 97.0 Å². The smallest absolute Gasteiger partial charge is 0.256 e. The second-order valence-electron chi connectivity index (χ2n) is 7.82. The summed E-state index contributed by atoms with van der Waals surface area (Å²) in [5.41, 5.74) is 4.96. The van der Waals surface area contributed by atoms with Gasteiger partial charge >= 0.3 is 0 Å². The molecule has 8 nitrogen and oxygen atoms in total. The molecule has 0 aliphatic carbocycles. The number of amides is 3. The van der Waals surface area contributed by atoms with Crippen LogP contribution in [0.25, 0.3) is 0 Å². The fourth-order valence-electron chi connectivity index (χ4n) is 2.52. The normalized spacial score (nSPS) is 13.9.